The second kappa shape index (κ2) is 36.7. The molecule has 33 nitrogen and oxygen atoms in total. The molecule has 0 spiro atoms. The minimum Gasteiger partial charge on any atom is -0.383 e. The predicted octanol–water partition coefficient (Wildman–Crippen LogP) is 14.6. The number of anilines is 8. The summed E-state index contributed by atoms with van der Waals surface area (Å²) in [5.74, 6) is -1.82. The monoisotopic (exact) mass is 1750 g/mol. The number of sulfonamides is 3. The van der Waals surface area contributed by atoms with Crippen LogP contribution in [0.25, 0.3) is 95.2 Å². The number of rotatable bonds is 24. The second-order valence-corrected chi connectivity index (χ2v) is 37.6. The Balaban J connectivity index is 0.000000133. The van der Waals surface area contributed by atoms with Crippen molar-refractivity contribution in [3.8, 4) is 45.0 Å². The van der Waals surface area contributed by atoms with E-state index >= 15 is 0 Å². The average molecular weight is 1750 g/mol. The van der Waals surface area contributed by atoms with Crippen LogP contribution in [-0.4, -0.2) is 143 Å². The largest absolute Gasteiger partial charge is 0.383 e. The van der Waals surface area contributed by atoms with Gasteiger partial charge in [-0.2, -0.15) is 33.1 Å². The molecular weight excluding hydrogens is 1660 g/mol. The van der Waals surface area contributed by atoms with Crippen LogP contribution in [0.5, 0.6) is 0 Å². The minimum absolute atomic E-state index is 0.0466. The lowest BCUT2D eigenvalue weighted by Crippen LogP contribution is -2.29. The second-order valence-electron chi connectivity index (χ2n) is 30.5. The maximum atomic E-state index is 15.0. The molecule has 4 aliphatic rings. The smallest absolute Gasteiger partial charge is 0.301 e. The number of benzene rings is 5. The molecule has 41 heteroatoms. The molecule has 8 aromatic heterocycles. The Hall–Kier alpha value is -12.1. The first kappa shape index (κ1) is 86.3. The van der Waals surface area contributed by atoms with Crippen LogP contribution in [0.4, 0.5) is 63.6 Å². The number of halogens is 4. The fourth-order valence-electron chi connectivity index (χ4n) is 15.6. The first-order valence-corrected chi connectivity index (χ1v) is 46.4. The molecule has 642 valence electrons. The Morgan fingerprint density at radius 2 is 0.689 bits per heavy atom. The molecule has 0 amide bonds. The third-order valence-corrected chi connectivity index (χ3v) is 27.0. The van der Waals surface area contributed by atoms with Gasteiger partial charge in [0.2, 0.25) is 20.0 Å². The summed E-state index contributed by atoms with van der Waals surface area (Å²) in [5, 5.41) is 22.2. The summed E-state index contributed by atoms with van der Waals surface area (Å²) < 4.78 is 174. The Labute approximate surface area is 702 Å². The van der Waals surface area contributed by atoms with Crippen molar-refractivity contribution in [3.05, 3.63) is 163 Å². The quantitative estimate of drug-likeness (QED) is 0.0260. The fraction of sp³-hybridized carbons (Fsp3) is 0.358. The molecule has 0 atom stereocenters. The van der Waals surface area contributed by atoms with Gasteiger partial charge in [0.15, 0.2) is 22.6 Å². The predicted molar refractivity (Wildman–Crippen MR) is 465 cm³/mol. The number of nitrogen functional groups attached to an aromatic ring is 4. The van der Waals surface area contributed by atoms with Gasteiger partial charge in [0, 0.05) is 36.3 Å². The maximum absolute atomic E-state index is 15.0. The summed E-state index contributed by atoms with van der Waals surface area (Å²) in [5.41, 5.74) is 31.0. The van der Waals surface area contributed by atoms with Crippen molar-refractivity contribution >= 4 is 137 Å². The van der Waals surface area contributed by atoms with E-state index in [0.29, 0.717) is 108 Å². The van der Waals surface area contributed by atoms with Gasteiger partial charge in [-0.3, -0.25) is 18.9 Å². The normalized spacial score (nSPS) is 15.2. The first-order chi connectivity index (χ1) is 58.5. The zero-order valence-corrected chi connectivity index (χ0v) is 70.5. The summed E-state index contributed by atoms with van der Waals surface area (Å²) in [6.07, 6.45) is 25.7. The van der Waals surface area contributed by atoms with E-state index < -0.39 is 63.5 Å². The lowest BCUT2D eigenvalue weighted by molar-refractivity contribution is 0.479. The Bertz CT molecular complexity index is 6530. The Morgan fingerprint density at radius 3 is 0.975 bits per heavy atom. The van der Waals surface area contributed by atoms with Crippen LogP contribution in [0.2, 0.25) is 0 Å². The molecule has 17 rings (SSSR count). The number of fused-ring (bicyclic) bond motifs is 4. The molecule has 0 radical (unpaired) electrons. The summed E-state index contributed by atoms with van der Waals surface area (Å²) >= 11 is 0. The summed E-state index contributed by atoms with van der Waals surface area (Å²) in [6.45, 7) is 3.65. The van der Waals surface area contributed by atoms with Gasteiger partial charge in [-0.15, -0.1) is 0 Å². The van der Waals surface area contributed by atoms with E-state index in [4.69, 9.17) is 43.3 Å². The summed E-state index contributed by atoms with van der Waals surface area (Å²) in [6, 6.07) is 26.9. The molecule has 0 saturated heterocycles. The van der Waals surface area contributed by atoms with Gasteiger partial charge in [0.05, 0.1) is 85.4 Å². The van der Waals surface area contributed by atoms with Crippen LogP contribution in [0.15, 0.2) is 134 Å². The molecule has 12 N–H and O–H groups in total. The van der Waals surface area contributed by atoms with Crippen molar-refractivity contribution in [3.63, 3.8) is 0 Å². The van der Waals surface area contributed by atoms with Crippen molar-refractivity contribution in [1.82, 2.24) is 83.3 Å². The number of aromatic nitrogens is 16. The SMILES string of the molecule is CCCCS(=O)(=O)Nc1ccc(-c2nn(C3CCCC3)c3ncnc(N)c23)cc1F.CCCS(=O)(=O)Nc1ccc(-c2nn(C3CCCC3)c3ncnc(N)c23)cc1F.CN(C)S(=O)(=O)Nc1ccc(-c2nn(C3CCCC3)c3ncnc(N)c23)cc1F.Nc1ncnc2c1c(-c1ccc(NS(=O)(=O)/C=C/c3ccccc3)c(F)c1)nn2C1CCCC1. The van der Waals surface area contributed by atoms with Gasteiger partial charge in [-0.05, 0) is 124 Å². The minimum atomic E-state index is -3.91. The van der Waals surface area contributed by atoms with Crippen LogP contribution >= 0.6 is 0 Å². The molecule has 0 unspecified atom stereocenters. The number of nitrogens with zero attached hydrogens (tertiary/aromatic N) is 17. The molecule has 122 heavy (non-hydrogen) atoms. The van der Waals surface area contributed by atoms with E-state index in [1.165, 1.54) is 94.0 Å². The van der Waals surface area contributed by atoms with Gasteiger partial charge in [0.1, 0.15) is 94.6 Å². The number of nitrogens with two attached hydrogens (primary N) is 4. The Morgan fingerprint density at radius 1 is 0.393 bits per heavy atom. The number of hydrogen-bond acceptors (Lipinski definition) is 24. The highest BCUT2D eigenvalue weighted by Crippen LogP contribution is 2.43. The first-order valence-electron chi connectivity index (χ1n) is 40.1. The number of nitrogens with one attached hydrogen (secondary N) is 4. The molecule has 0 bridgehead atoms. The molecule has 13 aromatic rings. The van der Waals surface area contributed by atoms with Crippen molar-refractivity contribution in [2.75, 3.05) is 67.4 Å². The van der Waals surface area contributed by atoms with Crippen molar-refractivity contribution < 1.29 is 51.2 Å². The van der Waals surface area contributed by atoms with Crippen LogP contribution in [0, 0.1) is 23.3 Å². The van der Waals surface area contributed by atoms with Crippen molar-refractivity contribution in [2.45, 2.75) is 160 Å². The average Bonchev–Trinajstić information content (AvgIpc) is 1.62. The zero-order valence-electron chi connectivity index (χ0n) is 67.3. The fourth-order valence-corrected chi connectivity index (χ4v) is 19.5. The molecule has 4 aliphatic carbocycles. The molecule has 4 saturated carbocycles. The van der Waals surface area contributed by atoms with Gasteiger partial charge in [0.25, 0.3) is 10.0 Å². The number of hydrogen-bond donors (Lipinski definition) is 8. The summed E-state index contributed by atoms with van der Waals surface area (Å²) in [7, 11) is -12.2. The lowest BCUT2D eigenvalue weighted by Gasteiger charge is -2.14. The third kappa shape index (κ3) is 19.3. The number of unbranched alkanes of at least 4 members (excludes halogenated alkanes) is 1. The third-order valence-electron chi connectivity index (χ3n) is 21.7. The van der Waals surface area contributed by atoms with Crippen LogP contribution < -0.4 is 41.8 Å². The molecule has 0 aliphatic heterocycles. The van der Waals surface area contributed by atoms with Gasteiger partial charge in [-0.1, -0.05) is 126 Å². The van der Waals surface area contributed by atoms with Gasteiger partial charge >= 0.3 is 10.2 Å². The highest BCUT2D eigenvalue weighted by Gasteiger charge is 2.32. The maximum Gasteiger partial charge on any atom is 0.301 e. The highest BCUT2D eigenvalue weighted by molar-refractivity contribution is 7.95. The lowest BCUT2D eigenvalue weighted by atomic mass is 10.1. The van der Waals surface area contributed by atoms with Crippen LogP contribution in [-0.2, 0) is 40.3 Å². The molecule has 4 fully saturated rings. The van der Waals surface area contributed by atoms with Crippen molar-refractivity contribution in [2.24, 2.45) is 0 Å². The van der Waals surface area contributed by atoms with Gasteiger partial charge < -0.3 is 22.9 Å². The van der Waals surface area contributed by atoms with E-state index in [2.05, 4.69) is 58.8 Å². The molecular formula is C81H93F4N25O8S4. The topological polar surface area (TPSA) is 466 Å². The van der Waals surface area contributed by atoms with E-state index in [0.717, 1.165) is 119 Å². The van der Waals surface area contributed by atoms with E-state index in [-0.39, 0.29) is 81.7 Å². The van der Waals surface area contributed by atoms with Crippen molar-refractivity contribution in [1.29, 1.82) is 0 Å². The van der Waals surface area contributed by atoms with E-state index in [9.17, 15) is 51.2 Å². The zero-order chi connectivity index (χ0) is 86.4. The highest BCUT2D eigenvalue weighted by atomic mass is 32.2. The van der Waals surface area contributed by atoms with E-state index in [1.807, 2.05) is 31.7 Å². The Kier molecular flexibility index (Phi) is 26.0. The van der Waals surface area contributed by atoms with Crippen LogP contribution in [0.1, 0.15) is 166 Å². The molecule has 8 heterocycles. The van der Waals surface area contributed by atoms with Gasteiger partial charge in [-0.25, -0.2) is 101 Å². The summed E-state index contributed by atoms with van der Waals surface area (Å²) in [4.78, 5) is 33.8. The van der Waals surface area contributed by atoms with E-state index in [1.54, 1.807) is 55.5 Å². The molecule has 5 aromatic carbocycles. The van der Waals surface area contributed by atoms with Crippen LogP contribution in [0.3, 0.4) is 0 Å². The standard InChI is InChI=1S/C24H23FN6O2S.C20H25FN6O2S.C19H23FN6O2S.C18H22FN7O2S/c25-19-14-17(10-11-20(19)30-34(32,33)13-12-16-6-2-1-3-7-16)22-21-23(26)27-15-28-24(21)31(29-22)18-8-4-5-9-18;1-2-3-10-30(28,29)26-16-9-8-13(11-15(16)21)18-17-19(22)23-12-24-20(17)27(25-18)14-6-4-5-7-14;1-2-9-29(27,28)25-15-8-7-12(10-14(15)20)17-16-18(21)22-11-23-19(16)26(24-17)13-5-3-4-6-13;1-25(2)29(27,28)24-14-8-7-11(9-13(14)19)16-15-17(20)21-10-22-18(15)26(23-16)12-5-3-4-6-12/h1-3,6-7,10-15,18,30H,4-5,8-9H2,(H2,26,27,28);8-9,11-12,14,26H,2-7,10H2,1H3,(H2,22,23,24);7-8,10-11,13,25H,2-6,9H2,1H3,(H2,21,22,23);7-10,12,24H,3-6H2,1-2H3,(H2,20,21,22)/b13-12+;;;.